The molecule has 5 nitrogen and oxygen atoms in total. The van der Waals surface area contributed by atoms with E-state index in [4.69, 9.17) is 4.74 Å². The van der Waals surface area contributed by atoms with Crippen LogP contribution >= 0.6 is 0 Å². The van der Waals surface area contributed by atoms with E-state index in [1.807, 2.05) is 54.6 Å². The molecule has 1 aliphatic carbocycles. The molecule has 33 heavy (non-hydrogen) atoms. The number of fused-ring (bicyclic) bond motifs is 1. The lowest BCUT2D eigenvalue weighted by Gasteiger charge is -2.26. The molecule has 0 radical (unpaired) electrons. The first-order valence-corrected chi connectivity index (χ1v) is 11.2. The largest absolute Gasteiger partial charge is 0.507 e. The maximum atomic E-state index is 13.3. The van der Waals surface area contributed by atoms with E-state index in [0.717, 1.165) is 25.7 Å². The highest BCUT2D eigenvalue weighted by molar-refractivity contribution is 6.51. The zero-order valence-electron chi connectivity index (χ0n) is 18.5. The lowest BCUT2D eigenvalue weighted by Crippen LogP contribution is -2.29. The van der Waals surface area contributed by atoms with Crippen LogP contribution < -0.4 is 9.64 Å². The molecule has 1 saturated heterocycles. The van der Waals surface area contributed by atoms with Crippen molar-refractivity contribution in [2.24, 2.45) is 0 Å². The summed E-state index contributed by atoms with van der Waals surface area (Å²) in [6, 6.07) is 21.4. The zero-order chi connectivity index (χ0) is 22.9. The smallest absolute Gasteiger partial charge is 0.300 e. The van der Waals surface area contributed by atoms with E-state index in [2.05, 4.69) is 0 Å². The van der Waals surface area contributed by atoms with Crippen LogP contribution in [0.3, 0.4) is 0 Å². The van der Waals surface area contributed by atoms with Gasteiger partial charge in [-0.1, -0.05) is 48.5 Å². The van der Waals surface area contributed by atoms with Gasteiger partial charge in [0.2, 0.25) is 0 Å². The molecule has 1 heterocycles. The maximum Gasteiger partial charge on any atom is 0.300 e. The Morgan fingerprint density at radius 3 is 2.36 bits per heavy atom. The third-order valence-electron chi connectivity index (χ3n) is 6.53. The number of para-hydroxylation sites is 2. The Labute approximate surface area is 192 Å². The Morgan fingerprint density at radius 2 is 1.61 bits per heavy atom. The van der Waals surface area contributed by atoms with Crippen LogP contribution in [-0.4, -0.2) is 23.9 Å². The maximum absolute atomic E-state index is 13.3. The first kappa shape index (κ1) is 21.0. The third-order valence-corrected chi connectivity index (χ3v) is 6.53. The Kier molecular flexibility index (Phi) is 5.47. The number of carbonyl (C=O) groups excluding carboxylic acids is 2. The highest BCUT2D eigenvalue weighted by atomic mass is 16.5. The Morgan fingerprint density at radius 1 is 0.909 bits per heavy atom. The molecule has 0 spiro atoms. The molecular weight excluding hydrogens is 414 g/mol. The average Bonchev–Trinajstić information content (AvgIpc) is 3.13. The minimum atomic E-state index is -0.806. The van der Waals surface area contributed by atoms with Gasteiger partial charge in [-0.3, -0.25) is 14.5 Å². The van der Waals surface area contributed by atoms with E-state index in [9.17, 15) is 14.7 Å². The molecule has 166 valence electrons. The number of aryl methyl sites for hydroxylation is 2. The van der Waals surface area contributed by atoms with Gasteiger partial charge in [-0.15, -0.1) is 0 Å². The molecule has 1 atom stereocenters. The Hall–Kier alpha value is -3.86. The van der Waals surface area contributed by atoms with Crippen LogP contribution in [0.1, 0.15) is 41.1 Å². The standard InChI is InChI=1S/C28H25NO4/c1-33-23-14-8-7-13-22(23)25-24(27(31)28(32)29(25)21-11-3-2-4-12-21)26(30)20-16-15-18-9-5-6-10-19(18)17-20/h2-4,7-8,11-17,25,30H,5-6,9-10H2,1H3/b26-24+. The number of hydrogen-bond acceptors (Lipinski definition) is 4. The number of nitrogens with zero attached hydrogens (tertiary/aromatic N) is 1. The van der Waals surface area contributed by atoms with Crippen LogP contribution in [0.15, 0.2) is 78.4 Å². The second-order valence-electron chi connectivity index (χ2n) is 8.44. The average molecular weight is 440 g/mol. The normalized spacial score (nSPS) is 19.4. The molecule has 5 rings (SSSR count). The van der Waals surface area contributed by atoms with Gasteiger partial charge in [0, 0.05) is 16.8 Å². The van der Waals surface area contributed by atoms with Crippen LogP contribution in [0.25, 0.3) is 5.76 Å². The van der Waals surface area contributed by atoms with E-state index < -0.39 is 17.7 Å². The number of aliphatic hydroxyl groups is 1. The van der Waals surface area contributed by atoms with Crippen molar-refractivity contribution in [1.82, 2.24) is 0 Å². The summed E-state index contributed by atoms with van der Waals surface area (Å²) in [6.07, 6.45) is 4.24. The number of amides is 1. The fraction of sp³-hybridized carbons (Fsp3) is 0.214. The zero-order valence-corrected chi connectivity index (χ0v) is 18.5. The number of rotatable bonds is 4. The minimum Gasteiger partial charge on any atom is -0.507 e. The molecule has 0 bridgehead atoms. The molecule has 1 unspecified atom stereocenters. The van der Waals surface area contributed by atoms with Gasteiger partial charge < -0.3 is 9.84 Å². The summed E-state index contributed by atoms with van der Waals surface area (Å²) in [6.45, 7) is 0. The van der Waals surface area contributed by atoms with Crippen molar-refractivity contribution < 1.29 is 19.4 Å². The number of carbonyl (C=O) groups is 2. The van der Waals surface area contributed by atoms with Crippen LogP contribution in [-0.2, 0) is 22.4 Å². The van der Waals surface area contributed by atoms with Gasteiger partial charge in [0.05, 0.1) is 18.7 Å². The first-order valence-electron chi connectivity index (χ1n) is 11.2. The molecule has 3 aromatic carbocycles. The molecule has 1 aliphatic heterocycles. The molecular formula is C28H25NO4. The number of aliphatic hydroxyl groups excluding tert-OH is 1. The van der Waals surface area contributed by atoms with Crippen LogP contribution in [0.2, 0.25) is 0 Å². The van der Waals surface area contributed by atoms with Crippen molar-refractivity contribution in [2.75, 3.05) is 12.0 Å². The highest BCUT2D eigenvalue weighted by Crippen LogP contribution is 2.45. The number of Topliss-reactive ketones (excluding diaryl/α,β-unsaturated/α-hetero) is 1. The van der Waals surface area contributed by atoms with E-state index >= 15 is 0 Å². The summed E-state index contributed by atoms with van der Waals surface area (Å²) < 4.78 is 5.57. The predicted molar refractivity (Wildman–Crippen MR) is 127 cm³/mol. The van der Waals surface area contributed by atoms with Crippen LogP contribution in [0, 0.1) is 0 Å². The summed E-state index contributed by atoms with van der Waals surface area (Å²) in [5, 5.41) is 11.4. The van der Waals surface area contributed by atoms with Gasteiger partial charge in [0.15, 0.2) is 0 Å². The SMILES string of the molecule is COc1ccccc1C1/C(=C(\O)c2ccc3c(c2)CCCC3)C(=O)C(=O)N1c1ccccc1. The first-order chi connectivity index (χ1) is 16.1. The molecule has 0 saturated carbocycles. The second kappa shape index (κ2) is 8.58. The number of methoxy groups -OCH3 is 1. The number of anilines is 1. The molecule has 0 aromatic heterocycles. The van der Waals surface area contributed by atoms with Crippen LogP contribution in [0.5, 0.6) is 5.75 Å². The summed E-state index contributed by atoms with van der Waals surface area (Å²) in [4.78, 5) is 28.0. The van der Waals surface area contributed by atoms with Gasteiger partial charge in [0.25, 0.3) is 11.7 Å². The minimum absolute atomic E-state index is 0.0733. The van der Waals surface area contributed by atoms with Crippen molar-refractivity contribution >= 4 is 23.1 Å². The van der Waals surface area contributed by atoms with Gasteiger partial charge in [0.1, 0.15) is 11.5 Å². The van der Waals surface area contributed by atoms with E-state index in [-0.39, 0.29) is 11.3 Å². The molecule has 2 aliphatic rings. The number of benzene rings is 3. The van der Waals surface area contributed by atoms with Gasteiger partial charge >= 0.3 is 0 Å². The van der Waals surface area contributed by atoms with Gasteiger partial charge in [-0.05, 0) is 61.1 Å². The Bertz CT molecular complexity index is 1260. The van der Waals surface area contributed by atoms with E-state index in [1.54, 1.807) is 25.3 Å². The second-order valence-corrected chi connectivity index (χ2v) is 8.44. The van der Waals surface area contributed by atoms with E-state index in [1.165, 1.54) is 16.0 Å². The van der Waals surface area contributed by atoms with Crippen molar-refractivity contribution in [1.29, 1.82) is 0 Å². The number of ketones is 1. The summed E-state index contributed by atoms with van der Waals surface area (Å²) in [5.41, 5.74) is 4.33. The van der Waals surface area contributed by atoms with Crippen molar-refractivity contribution in [3.63, 3.8) is 0 Å². The van der Waals surface area contributed by atoms with Gasteiger partial charge in [-0.2, -0.15) is 0 Å². The lowest BCUT2D eigenvalue weighted by molar-refractivity contribution is -0.132. The number of ether oxygens (including phenoxy) is 1. The molecule has 5 heteroatoms. The Balaban J connectivity index is 1.72. The number of hydrogen-bond donors (Lipinski definition) is 1. The molecule has 1 amide bonds. The highest BCUT2D eigenvalue weighted by Gasteiger charge is 2.47. The van der Waals surface area contributed by atoms with Crippen molar-refractivity contribution in [2.45, 2.75) is 31.7 Å². The van der Waals surface area contributed by atoms with Crippen molar-refractivity contribution in [3.8, 4) is 5.75 Å². The molecule has 1 fully saturated rings. The van der Waals surface area contributed by atoms with Crippen molar-refractivity contribution in [3.05, 3.63) is 101 Å². The van der Waals surface area contributed by atoms with E-state index in [0.29, 0.717) is 22.6 Å². The topological polar surface area (TPSA) is 66.8 Å². The summed E-state index contributed by atoms with van der Waals surface area (Å²) >= 11 is 0. The van der Waals surface area contributed by atoms with Crippen LogP contribution in [0.4, 0.5) is 5.69 Å². The fourth-order valence-electron chi connectivity index (χ4n) is 4.91. The molecule has 3 aromatic rings. The summed E-state index contributed by atoms with van der Waals surface area (Å²) in [7, 11) is 1.55. The van der Waals surface area contributed by atoms with Gasteiger partial charge in [-0.25, -0.2) is 0 Å². The summed E-state index contributed by atoms with van der Waals surface area (Å²) in [5.74, 6) is -0.987. The predicted octanol–water partition coefficient (Wildman–Crippen LogP) is 5.20. The monoisotopic (exact) mass is 439 g/mol. The lowest BCUT2D eigenvalue weighted by atomic mass is 9.88. The quantitative estimate of drug-likeness (QED) is 0.345. The fourth-order valence-corrected chi connectivity index (χ4v) is 4.91. The molecule has 1 N–H and O–H groups in total. The third kappa shape index (κ3) is 3.59.